The monoisotopic (exact) mass is 453 g/mol. The maximum atomic E-state index is 12.9. The highest BCUT2D eigenvalue weighted by molar-refractivity contribution is 6.33. The highest BCUT2D eigenvalue weighted by atomic mass is 35.5. The maximum absolute atomic E-state index is 12.9. The van der Waals surface area contributed by atoms with Crippen molar-refractivity contribution in [2.45, 2.75) is 13.8 Å². The number of pyridine rings is 1. The third kappa shape index (κ3) is 3.87. The predicted molar refractivity (Wildman–Crippen MR) is 127 cm³/mol. The zero-order valence-corrected chi connectivity index (χ0v) is 18.7. The summed E-state index contributed by atoms with van der Waals surface area (Å²) >= 11 is 12.6. The van der Waals surface area contributed by atoms with Crippen LogP contribution in [0.2, 0.25) is 10.0 Å². The molecule has 4 rings (SSSR count). The normalized spacial score (nSPS) is 11.1. The van der Waals surface area contributed by atoms with Crippen LogP contribution < -0.4 is 5.73 Å². The molecule has 0 bridgehead atoms. The Kier molecular flexibility index (Phi) is 5.90. The minimum Gasteiger partial charge on any atom is -0.430 e. The molecule has 1 amide bonds. The van der Waals surface area contributed by atoms with E-state index in [-0.39, 0.29) is 17.4 Å². The fraction of sp³-hybridized carbons (Fsp3) is 0.167. The SMILES string of the molecule is CCN(CC)C(=O)c1oc2nc(-c3ccccc3Cl)c(-c3ccc(Cl)cc3)cc2c1N. The van der Waals surface area contributed by atoms with Crippen LogP contribution in [0.25, 0.3) is 33.5 Å². The molecule has 0 saturated heterocycles. The van der Waals surface area contributed by atoms with Crippen molar-refractivity contribution in [1.82, 2.24) is 9.88 Å². The molecule has 0 saturated carbocycles. The van der Waals surface area contributed by atoms with E-state index in [1.807, 2.05) is 62.4 Å². The topological polar surface area (TPSA) is 72.4 Å². The van der Waals surface area contributed by atoms with Gasteiger partial charge in [-0.2, -0.15) is 0 Å². The van der Waals surface area contributed by atoms with Crippen LogP contribution >= 0.6 is 23.2 Å². The zero-order valence-electron chi connectivity index (χ0n) is 17.2. The Morgan fingerprint density at radius 1 is 1.03 bits per heavy atom. The van der Waals surface area contributed by atoms with Gasteiger partial charge in [-0.3, -0.25) is 4.79 Å². The number of nitrogen functional groups attached to an aromatic ring is 1. The molecule has 0 aliphatic rings. The van der Waals surface area contributed by atoms with E-state index in [4.69, 9.17) is 38.3 Å². The van der Waals surface area contributed by atoms with E-state index in [1.54, 1.807) is 11.0 Å². The van der Waals surface area contributed by atoms with Gasteiger partial charge in [0, 0.05) is 34.3 Å². The standard InChI is InChI=1S/C24H21Cl2N3O2/c1-3-29(4-2)24(30)22-20(27)18-13-17(14-9-11-15(25)12-10-14)21(28-23(18)31-22)16-7-5-6-8-19(16)26/h5-13H,3-4,27H2,1-2H3. The van der Waals surface area contributed by atoms with Gasteiger partial charge in [-0.05, 0) is 43.7 Å². The van der Waals surface area contributed by atoms with E-state index >= 15 is 0 Å². The molecule has 2 aromatic carbocycles. The number of hydrogen-bond acceptors (Lipinski definition) is 4. The van der Waals surface area contributed by atoms with Gasteiger partial charge in [0.1, 0.15) is 0 Å². The van der Waals surface area contributed by atoms with Crippen molar-refractivity contribution in [3.8, 4) is 22.4 Å². The second kappa shape index (κ2) is 8.61. The molecule has 0 atom stereocenters. The quantitative estimate of drug-likeness (QED) is 0.372. The second-order valence-corrected chi connectivity index (χ2v) is 7.89. The number of aromatic nitrogens is 1. The number of hydrogen-bond donors (Lipinski definition) is 1. The minimum atomic E-state index is -0.257. The van der Waals surface area contributed by atoms with Crippen molar-refractivity contribution in [2.75, 3.05) is 18.8 Å². The number of nitrogens with zero attached hydrogens (tertiary/aromatic N) is 2. The Morgan fingerprint density at radius 3 is 2.35 bits per heavy atom. The average molecular weight is 454 g/mol. The van der Waals surface area contributed by atoms with Crippen molar-refractivity contribution in [3.63, 3.8) is 0 Å². The van der Waals surface area contributed by atoms with Gasteiger partial charge in [0.15, 0.2) is 0 Å². The third-order valence-electron chi connectivity index (χ3n) is 5.25. The van der Waals surface area contributed by atoms with Crippen LogP contribution in [-0.2, 0) is 0 Å². The van der Waals surface area contributed by atoms with Crippen molar-refractivity contribution in [1.29, 1.82) is 0 Å². The lowest BCUT2D eigenvalue weighted by atomic mass is 9.98. The summed E-state index contributed by atoms with van der Waals surface area (Å²) in [5.41, 5.74) is 10.0. The molecule has 0 aliphatic heterocycles. The fourth-order valence-corrected chi connectivity index (χ4v) is 3.91. The molecule has 0 unspecified atom stereocenters. The number of carbonyl (C=O) groups excluding carboxylic acids is 1. The molecule has 31 heavy (non-hydrogen) atoms. The van der Waals surface area contributed by atoms with Gasteiger partial charge in [-0.15, -0.1) is 0 Å². The van der Waals surface area contributed by atoms with E-state index in [9.17, 15) is 4.79 Å². The smallest absolute Gasteiger partial charge is 0.291 e. The number of anilines is 1. The molecule has 5 nitrogen and oxygen atoms in total. The number of halogens is 2. The Labute approximate surface area is 190 Å². The minimum absolute atomic E-state index is 0.101. The first kappa shape index (κ1) is 21.2. The fourth-order valence-electron chi connectivity index (χ4n) is 3.56. The van der Waals surface area contributed by atoms with Crippen molar-refractivity contribution in [3.05, 3.63) is 70.4 Å². The van der Waals surface area contributed by atoms with E-state index in [1.165, 1.54) is 0 Å². The Morgan fingerprint density at radius 2 is 1.71 bits per heavy atom. The molecule has 7 heteroatoms. The number of furan rings is 1. The van der Waals surface area contributed by atoms with Crippen molar-refractivity contribution < 1.29 is 9.21 Å². The van der Waals surface area contributed by atoms with E-state index in [0.717, 1.165) is 16.7 Å². The molecule has 2 N–H and O–H groups in total. The molecular weight excluding hydrogens is 433 g/mol. The maximum Gasteiger partial charge on any atom is 0.291 e. The van der Waals surface area contributed by atoms with Crippen LogP contribution in [0.1, 0.15) is 24.4 Å². The second-order valence-electron chi connectivity index (χ2n) is 7.05. The van der Waals surface area contributed by atoms with Crippen molar-refractivity contribution in [2.24, 2.45) is 0 Å². The number of rotatable bonds is 5. The lowest BCUT2D eigenvalue weighted by Gasteiger charge is -2.16. The van der Waals surface area contributed by atoms with E-state index in [0.29, 0.717) is 39.9 Å². The highest BCUT2D eigenvalue weighted by Gasteiger charge is 2.25. The van der Waals surface area contributed by atoms with Gasteiger partial charge in [0.25, 0.3) is 5.91 Å². The van der Waals surface area contributed by atoms with Gasteiger partial charge in [-0.1, -0.05) is 53.5 Å². The summed E-state index contributed by atoms with van der Waals surface area (Å²) in [6.45, 7) is 4.93. The Balaban J connectivity index is 1.98. The molecule has 2 aromatic heterocycles. The molecule has 0 fully saturated rings. The summed E-state index contributed by atoms with van der Waals surface area (Å²) < 4.78 is 5.87. The highest BCUT2D eigenvalue weighted by Crippen LogP contribution is 2.39. The van der Waals surface area contributed by atoms with Gasteiger partial charge >= 0.3 is 0 Å². The van der Waals surface area contributed by atoms with Crippen LogP contribution in [0.15, 0.2) is 59.0 Å². The predicted octanol–water partition coefficient (Wildman–Crippen LogP) is 6.53. The molecule has 0 radical (unpaired) electrons. The third-order valence-corrected chi connectivity index (χ3v) is 5.83. The molecule has 0 spiro atoms. The lowest BCUT2D eigenvalue weighted by Crippen LogP contribution is -2.30. The van der Waals surface area contributed by atoms with Crippen LogP contribution in [0, 0.1) is 0 Å². The number of fused-ring (bicyclic) bond motifs is 1. The Bertz CT molecular complexity index is 1260. The molecule has 158 valence electrons. The summed E-state index contributed by atoms with van der Waals surface area (Å²) in [6, 6.07) is 16.8. The van der Waals surface area contributed by atoms with Crippen molar-refractivity contribution >= 4 is 45.9 Å². The van der Waals surface area contributed by atoms with Crippen LogP contribution in [0.4, 0.5) is 5.69 Å². The zero-order chi connectivity index (χ0) is 22.1. The van der Waals surface area contributed by atoms with Crippen LogP contribution in [0.3, 0.4) is 0 Å². The number of benzene rings is 2. The molecule has 2 heterocycles. The van der Waals surface area contributed by atoms with Gasteiger partial charge in [0.2, 0.25) is 11.5 Å². The summed E-state index contributed by atoms with van der Waals surface area (Å²) in [5, 5.41) is 1.77. The van der Waals surface area contributed by atoms with E-state index in [2.05, 4.69) is 0 Å². The summed E-state index contributed by atoms with van der Waals surface area (Å²) in [7, 11) is 0. The van der Waals surface area contributed by atoms with Gasteiger partial charge in [-0.25, -0.2) is 4.98 Å². The Hall–Kier alpha value is -3.02. The largest absolute Gasteiger partial charge is 0.430 e. The van der Waals surface area contributed by atoms with Crippen LogP contribution in [0.5, 0.6) is 0 Å². The summed E-state index contributed by atoms with van der Waals surface area (Å²) in [4.78, 5) is 19.3. The van der Waals surface area contributed by atoms with Crippen LogP contribution in [-0.4, -0.2) is 28.9 Å². The summed E-state index contributed by atoms with van der Waals surface area (Å²) in [6.07, 6.45) is 0. The molecular formula is C24H21Cl2N3O2. The number of nitrogens with two attached hydrogens (primary N) is 1. The summed E-state index contributed by atoms with van der Waals surface area (Å²) in [5.74, 6) is -0.155. The average Bonchev–Trinajstić information content (AvgIpc) is 3.10. The lowest BCUT2D eigenvalue weighted by molar-refractivity contribution is 0.0744. The number of carbonyl (C=O) groups is 1. The van der Waals surface area contributed by atoms with Gasteiger partial charge < -0.3 is 15.1 Å². The molecule has 0 aliphatic carbocycles. The first-order valence-electron chi connectivity index (χ1n) is 9.97. The van der Waals surface area contributed by atoms with E-state index < -0.39 is 0 Å². The first-order chi connectivity index (χ1) is 14.9. The molecule has 4 aromatic rings. The van der Waals surface area contributed by atoms with Gasteiger partial charge in [0.05, 0.1) is 16.8 Å². The first-order valence-corrected chi connectivity index (χ1v) is 10.7. The number of amides is 1.